The van der Waals surface area contributed by atoms with Crippen LogP contribution in [0.4, 0.5) is 0 Å². The fourth-order valence-electron chi connectivity index (χ4n) is 0.977. The quantitative estimate of drug-likeness (QED) is 0.633. The first-order chi connectivity index (χ1) is 5.83. The predicted molar refractivity (Wildman–Crippen MR) is 54.7 cm³/mol. The molecule has 0 spiro atoms. The normalized spacial score (nSPS) is 20.1. The van der Waals surface area contributed by atoms with Gasteiger partial charge in [0.05, 0.1) is 12.7 Å². The third-order valence-electron chi connectivity index (χ3n) is 1.83. The van der Waals surface area contributed by atoms with Gasteiger partial charge in [0.2, 0.25) is 0 Å². The molecule has 1 N–H and O–H groups in total. The molecule has 0 radical (unpaired) electrons. The van der Waals surface area contributed by atoms with E-state index in [9.17, 15) is 0 Å². The van der Waals surface area contributed by atoms with E-state index in [0.717, 1.165) is 12.6 Å². The van der Waals surface area contributed by atoms with Crippen molar-refractivity contribution in [1.82, 2.24) is 5.32 Å². The van der Waals surface area contributed by atoms with Gasteiger partial charge in [-0.3, -0.25) is 0 Å². The highest BCUT2D eigenvalue weighted by Crippen LogP contribution is 2.16. The van der Waals surface area contributed by atoms with E-state index in [1.807, 2.05) is 11.8 Å². The van der Waals surface area contributed by atoms with Crippen molar-refractivity contribution in [3.05, 3.63) is 12.7 Å². The van der Waals surface area contributed by atoms with E-state index in [-0.39, 0.29) is 0 Å². The largest absolute Gasteiger partial charge is 0.373 e. The Hall–Kier alpha value is 0.0100. The van der Waals surface area contributed by atoms with Gasteiger partial charge in [-0.15, -0.1) is 6.58 Å². The number of nitrogens with one attached hydrogen (secondary N) is 1. The third kappa shape index (κ3) is 3.61. The summed E-state index contributed by atoms with van der Waals surface area (Å²) >= 11 is 2.00. The summed E-state index contributed by atoms with van der Waals surface area (Å²) in [5.41, 5.74) is 0. The summed E-state index contributed by atoms with van der Waals surface area (Å²) in [4.78, 5) is 0. The fourth-order valence-corrected chi connectivity index (χ4v) is 1.68. The summed E-state index contributed by atoms with van der Waals surface area (Å²) in [7, 11) is 0. The Balaban J connectivity index is 1.93. The summed E-state index contributed by atoms with van der Waals surface area (Å²) in [5, 5.41) is 3.45. The molecule has 1 fully saturated rings. The molecule has 0 aromatic carbocycles. The Labute approximate surface area is 78.7 Å². The molecule has 0 bridgehead atoms. The summed E-state index contributed by atoms with van der Waals surface area (Å²) < 4.78 is 5.42. The van der Waals surface area contributed by atoms with Crippen molar-refractivity contribution >= 4 is 11.8 Å². The summed E-state index contributed by atoms with van der Waals surface area (Å²) in [5.74, 6) is 2.52. The molecule has 0 saturated carbocycles. The van der Waals surface area contributed by atoms with Crippen LogP contribution in [-0.2, 0) is 4.74 Å². The summed E-state index contributed by atoms with van der Waals surface area (Å²) in [6.45, 7) is 7.30. The fraction of sp³-hybridized carbons (Fsp3) is 0.778. The molecule has 1 rings (SSSR count). The second-order valence-electron chi connectivity index (χ2n) is 3.08. The maximum Gasteiger partial charge on any atom is 0.0675 e. The minimum absolute atomic E-state index is 0.300. The molecule has 1 atom stereocenters. The number of hydrogen-bond acceptors (Lipinski definition) is 3. The first kappa shape index (κ1) is 10.1. The van der Waals surface area contributed by atoms with E-state index in [4.69, 9.17) is 4.74 Å². The lowest BCUT2D eigenvalue weighted by Gasteiger charge is -2.27. The van der Waals surface area contributed by atoms with Crippen molar-refractivity contribution in [2.45, 2.75) is 19.1 Å². The summed E-state index contributed by atoms with van der Waals surface area (Å²) in [6.07, 6.45) is 2.09. The van der Waals surface area contributed by atoms with Gasteiger partial charge in [0.25, 0.3) is 0 Å². The minimum Gasteiger partial charge on any atom is -0.373 e. The Bertz CT molecular complexity index is 136. The van der Waals surface area contributed by atoms with Crippen LogP contribution in [0.15, 0.2) is 12.7 Å². The van der Waals surface area contributed by atoms with E-state index in [0.29, 0.717) is 12.7 Å². The number of thioether (sulfide) groups is 1. The van der Waals surface area contributed by atoms with Crippen LogP contribution in [-0.4, -0.2) is 36.8 Å². The van der Waals surface area contributed by atoms with Gasteiger partial charge < -0.3 is 10.1 Å². The van der Waals surface area contributed by atoms with E-state index < -0.39 is 0 Å². The van der Waals surface area contributed by atoms with Gasteiger partial charge in [-0.1, -0.05) is 6.08 Å². The molecule has 0 aromatic rings. The van der Waals surface area contributed by atoms with Crippen molar-refractivity contribution in [2.75, 3.05) is 24.7 Å². The molecule has 0 aromatic heterocycles. The highest BCUT2D eigenvalue weighted by Gasteiger charge is 2.17. The zero-order chi connectivity index (χ0) is 8.81. The predicted octanol–water partition coefficient (Wildman–Crippen LogP) is 1.28. The van der Waals surface area contributed by atoms with Gasteiger partial charge in [0.15, 0.2) is 0 Å². The average Bonchev–Trinajstić information content (AvgIpc) is 1.98. The molecule has 1 unspecified atom stereocenters. The van der Waals surface area contributed by atoms with Crippen molar-refractivity contribution in [2.24, 2.45) is 0 Å². The average molecular weight is 187 g/mol. The molecule has 3 heteroatoms. The molecular weight excluding hydrogens is 170 g/mol. The lowest BCUT2D eigenvalue weighted by molar-refractivity contribution is 0.0864. The van der Waals surface area contributed by atoms with Gasteiger partial charge in [-0.25, -0.2) is 0 Å². The Kier molecular flexibility index (Phi) is 4.73. The Morgan fingerprint density at radius 3 is 3.00 bits per heavy atom. The first-order valence-electron chi connectivity index (χ1n) is 4.36. The Morgan fingerprint density at radius 1 is 1.75 bits per heavy atom. The molecule has 1 aliphatic rings. The van der Waals surface area contributed by atoms with Crippen molar-refractivity contribution in [3.63, 3.8) is 0 Å². The number of hydrogen-bond donors (Lipinski definition) is 1. The lowest BCUT2D eigenvalue weighted by Crippen LogP contribution is -2.43. The molecule has 12 heavy (non-hydrogen) atoms. The molecule has 1 aliphatic heterocycles. The molecule has 0 amide bonds. The highest BCUT2D eigenvalue weighted by molar-refractivity contribution is 8.00. The topological polar surface area (TPSA) is 21.3 Å². The SMILES string of the molecule is C=CCOC(C)CNC1CSC1. The second kappa shape index (κ2) is 5.62. The van der Waals surface area contributed by atoms with E-state index in [1.54, 1.807) is 6.08 Å². The van der Waals surface area contributed by atoms with E-state index >= 15 is 0 Å². The van der Waals surface area contributed by atoms with Gasteiger partial charge in [0.1, 0.15) is 0 Å². The highest BCUT2D eigenvalue weighted by atomic mass is 32.2. The molecule has 70 valence electrons. The molecule has 0 aliphatic carbocycles. The van der Waals surface area contributed by atoms with Gasteiger partial charge >= 0.3 is 0 Å². The zero-order valence-corrected chi connectivity index (χ0v) is 8.40. The van der Waals surface area contributed by atoms with Crippen LogP contribution in [0.2, 0.25) is 0 Å². The maximum absolute atomic E-state index is 5.42. The molecule has 1 heterocycles. The summed E-state index contributed by atoms with van der Waals surface area (Å²) in [6, 6.07) is 0.727. The van der Waals surface area contributed by atoms with Crippen LogP contribution in [0.3, 0.4) is 0 Å². The Morgan fingerprint density at radius 2 is 2.50 bits per heavy atom. The van der Waals surface area contributed by atoms with Gasteiger partial charge in [0, 0.05) is 24.1 Å². The second-order valence-corrected chi connectivity index (χ2v) is 4.15. The van der Waals surface area contributed by atoms with Crippen LogP contribution >= 0.6 is 11.8 Å². The van der Waals surface area contributed by atoms with E-state index in [2.05, 4.69) is 18.8 Å². The smallest absolute Gasteiger partial charge is 0.0675 e. The molecule has 2 nitrogen and oxygen atoms in total. The number of rotatable bonds is 6. The number of ether oxygens (including phenoxy) is 1. The van der Waals surface area contributed by atoms with Crippen LogP contribution < -0.4 is 5.32 Å². The maximum atomic E-state index is 5.42. The minimum atomic E-state index is 0.300. The van der Waals surface area contributed by atoms with Gasteiger partial charge in [-0.05, 0) is 6.92 Å². The van der Waals surface area contributed by atoms with Gasteiger partial charge in [-0.2, -0.15) is 11.8 Å². The van der Waals surface area contributed by atoms with Crippen LogP contribution in [0.5, 0.6) is 0 Å². The van der Waals surface area contributed by atoms with Crippen molar-refractivity contribution in [3.8, 4) is 0 Å². The van der Waals surface area contributed by atoms with Crippen LogP contribution in [0.25, 0.3) is 0 Å². The van der Waals surface area contributed by atoms with Crippen molar-refractivity contribution in [1.29, 1.82) is 0 Å². The lowest BCUT2D eigenvalue weighted by atomic mass is 10.3. The monoisotopic (exact) mass is 187 g/mol. The van der Waals surface area contributed by atoms with E-state index in [1.165, 1.54) is 11.5 Å². The molecular formula is C9H17NOS. The third-order valence-corrected chi connectivity index (χ3v) is 3.11. The standard InChI is InChI=1S/C9H17NOS/c1-3-4-11-8(2)5-10-9-6-12-7-9/h3,8-10H,1,4-7H2,2H3. The van der Waals surface area contributed by atoms with Crippen LogP contribution in [0.1, 0.15) is 6.92 Å². The molecule has 1 saturated heterocycles. The first-order valence-corrected chi connectivity index (χ1v) is 5.52. The van der Waals surface area contributed by atoms with Crippen molar-refractivity contribution < 1.29 is 4.74 Å². The van der Waals surface area contributed by atoms with Crippen LogP contribution in [0, 0.1) is 0 Å². The zero-order valence-electron chi connectivity index (χ0n) is 7.58.